The molecule has 0 aliphatic heterocycles. The van der Waals surface area contributed by atoms with Crippen molar-refractivity contribution in [1.29, 1.82) is 0 Å². The number of carbonyl (C=O) groups is 1. The molecule has 1 N–H and O–H groups in total. The lowest BCUT2D eigenvalue weighted by Crippen LogP contribution is -2.16. The summed E-state index contributed by atoms with van der Waals surface area (Å²) < 4.78 is 9.86. The van der Waals surface area contributed by atoms with Gasteiger partial charge in [-0.05, 0) is 18.1 Å². The zero-order chi connectivity index (χ0) is 13.7. The number of rotatable bonds is 5. The molecule has 0 atom stereocenters. The third kappa shape index (κ3) is 3.29. The molecule has 0 heterocycles. The average Bonchev–Trinajstić information content (AvgIpc) is 2.35. The Morgan fingerprint density at radius 1 is 1.39 bits per heavy atom. The molecule has 0 unspecified atom stereocenters. The van der Waals surface area contributed by atoms with Crippen LogP contribution in [0.5, 0.6) is 11.5 Å². The Morgan fingerprint density at radius 3 is 2.56 bits per heavy atom. The summed E-state index contributed by atoms with van der Waals surface area (Å²) in [7, 11) is 5.05. The molecule has 0 fully saturated rings. The number of hydrogen-bond acceptors (Lipinski definition) is 5. The Balaban J connectivity index is 3.01. The molecule has 0 aromatic heterocycles. The summed E-state index contributed by atoms with van der Waals surface area (Å²) in [5.41, 5.74) is 1.65. The van der Waals surface area contributed by atoms with Crippen molar-refractivity contribution in [2.24, 2.45) is 0 Å². The molecule has 18 heavy (non-hydrogen) atoms. The SMILES string of the molecule is CCc1cc(N(C)C)c(OCC(=O)OC)cc1O. The topological polar surface area (TPSA) is 59.0 Å². The summed E-state index contributed by atoms with van der Waals surface area (Å²) >= 11 is 0. The van der Waals surface area contributed by atoms with Gasteiger partial charge in [0.25, 0.3) is 0 Å². The third-order valence-corrected chi connectivity index (χ3v) is 2.60. The zero-order valence-electron chi connectivity index (χ0n) is 11.2. The number of aryl methyl sites for hydroxylation is 1. The highest BCUT2D eigenvalue weighted by Crippen LogP contribution is 2.34. The first-order valence-electron chi connectivity index (χ1n) is 5.72. The predicted molar refractivity (Wildman–Crippen MR) is 69.3 cm³/mol. The molecule has 1 rings (SSSR count). The van der Waals surface area contributed by atoms with Gasteiger partial charge in [0.05, 0.1) is 12.8 Å². The number of methoxy groups -OCH3 is 1. The molecular weight excluding hydrogens is 234 g/mol. The van der Waals surface area contributed by atoms with E-state index in [1.165, 1.54) is 13.2 Å². The minimum atomic E-state index is -0.459. The van der Waals surface area contributed by atoms with Crippen LogP contribution >= 0.6 is 0 Å². The molecule has 5 nitrogen and oxygen atoms in total. The fraction of sp³-hybridized carbons (Fsp3) is 0.462. The van der Waals surface area contributed by atoms with Crippen molar-refractivity contribution in [2.45, 2.75) is 13.3 Å². The maximum atomic E-state index is 11.1. The van der Waals surface area contributed by atoms with Crippen LogP contribution in [0.25, 0.3) is 0 Å². The number of esters is 1. The van der Waals surface area contributed by atoms with Crippen molar-refractivity contribution in [3.8, 4) is 11.5 Å². The quantitative estimate of drug-likeness (QED) is 0.807. The lowest BCUT2D eigenvalue weighted by molar-refractivity contribution is -0.142. The Kier molecular flexibility index (Phi) is 4.83. The van der Waals surface area contributed by atoms with Gasteiger partial charge in [-0.25, -0.2) is 4.79 Å². The summed E-state index contributed by atoms with van der Waals surface area (Å²) in [4.78, 5) is 12.9. The fourth-order valence-electron chi connectivity index (χ4n) is 1.54. The maximum absolute atomic E-state index is 11.1. The third-order valence-electron chi connectivity index (χ3n) is 2.60. The van der Waals surface area contributed by atoms with Crippen LogP contribution in [-0.4, -0.2) is 38.9 Å². The molecule has 0 aliphatic carbocycles. The van der Waals surface area contributed by atoms with E-state index in [4.69, 9.17) is 4.74 Å². The van der Waals surface area contributed by atoms with Crippen molar-refractivity contribution in [2.75, 3.05) is 32.7 Å². The van der Waals surface area contributed by atoms with Crippen LogP contribution < -0.4 is 9.64 Å². The molecule has 0 spiro atoms. The zero-order valence-corrected chi connectivity index (χ0v) is 11.2. The van der Waals surface area contributed by atoms with Crippen molar-refractivity contribution in [3.63, 3.8) is 0 Å². The Hall–Kier alpha value is -1.91. The normalized spacial score (nSPS) is 10.0. The lowest BCUT2D eigenvalue weighted by atomic mass is 10.1. The lowest BCUT2D eigenvalue weighted by Gasteiger charge is -2.19. The number of phenols is 1. The highest BCUT2D eigenvalue weighted by Gasteiger charge is 2.12. The number of phenolic OH excluding ortho intramolecular Hbond substituents is 1. The van der Waals surface area contributed by atoms with E-state index in [-0.39, 0.29) is 12.4 Å². The van der Waals surface area contributed by atoms with Gasteiger partial charge in [0.2, 0.25) is 0 Å². The highest BCUT2D eigenvalue weighted by molar-refractivity contribution is 5.72. The summed E-state index contributed by atoms with van der Waals surface area (Å²) in [5, 5.41) is 9.81. The van der Waals surface area contributed by atoms with E-state index < -0.39 is 5.97 Å². The number of nitrogens with zero attached hydrogens (tertiary/aromatic N) is 1. The molecule has 1 aromatic rings. The standard InChI is InChI=1S/C13H19NO4/c1-5-9-6-10(14(2)3)12(7-11(9)15)18-8-13(16)17-4/h6-7,15H,5,8H2,1-4H3. The second kappa shape index (κ2) is 6.14. The van der Waals surface area contributed by atoms with Crippen molar-refractivity contribution in [3.05, 3.63) is 17.7 Å². The summed E-state index contributed by atoms with van der Waals surface area (Å²) in [6.07, 6.45) is 0.726. The van der Waals surface area contributed by atoms with Gasteiger partial charge >= 0.3 is 5.97 Å². The van der Waals surface area contributed by atoms with E-state index in [2.05, 4.69) is 4.74 Å². The maximum Gasteiger partial charge on any atom is 0.343 e. The monoisotopic (exact) mass is 253 g/mol. The first kappa shape index (κ1) is 14.2. The molecule has 0 saturated heterocycles. The van der Waals surface area contributed by atoms with Gasteiger partial charge in [0, 0.05) is 20.2 Å². The molecule has 0 aliphatic rings. The van der Waals surface area contributed by atoms with Crippen LogP contribution in [0, 0.1) is 0 Å². The van der Waals surface area contributed by atoms with Crippen LogP contribution in [0.4, 0.5) is 5.69 Å². The van der Waals surface area contributed by atoms with E-state index in [1.54, 1.807) is 0 Å². The average molecular weight is 253 g/mol. The summed E-state index contributed by atoms with van der Waals surface area (Å²) in [6, 6.07) is 3.37. The van der Waals surface area contributed by atoms with Crippen molar-refractivity contribution in [1.82, 2.24) is 0 Å². The van der Waals surface area contributed by atoms with E-state index in [9.17, 15) is 9.90 Å². The van der Waals surface area contributed by atoms with E-state index in [0.717, 1.165) is 17.7 Å². The van der Waals surface area contributed by atoms with Gasteiger partial charge in [-0.2, -0.15) is 0 Å². The molecule has 0 amide bonds. The van der Waals surface area contributed by atoms with Crippen LogP contribution in [0.1, 0.15) is 12.5 Å². The van der Waals surface area contributed by atoms with E-state index in [1.807, 2.05) is 32.0 Å². The Bertz CT molecular complexity index is 429. The molecular formula is C13H19NO4. The molecule has 5 heteroatoms. The van der Waals surface area contributed by atoms with E-state index in [0.29, 0.717) is 5.75 Å². The minimum absolute atomic E-state index is 0.169. The molecule has 0 saturated carbocycles. The number of anilines is 1. The number of aromatic hydroxyl groups is 1. The van der Waals surface area contributed by atoms with Gasteiger partial charge in [-0.15, -0.1) is 0 Å². The number of carbonyl (C=O) groups excluding carboxylic acids is 1. The van der Waals surface area contributed by atoms with Crippen LogP contribution in [0.3, 0.4) is 0 Å². The van der Waals surface area contributed by atoms with E-state index >= 15 is 0 Å². The molecule has 0 radical (unpaired) electrons. The van der Waals surface area contributed by atoms with Crippen LogP contribution in [0.2, 0.25) is 0 Å². The molecule has 0 bridgehead atoms. The Labute approximate surface area is 107 Å². The number of hydrogen-bond donors (Lipinski definition) is 1. The largest absolute Gasteiger partial charge is 0.508 e. The van der Waals surface area contributed by atoms with Crippen molar-refractivity contribution < 1.29 is 19.4 Å². The van der Waals surface area contributed by atoms with Gasteiger partial charge in [-0.1, -0.05) is 6.92 Å². The molecule has 100 valence electrons. The second-order valence-electron chi connectivity index (χ2n) is 4.06. The first-order chi connectivity index (χ1) is 8.49. The second-order valence-corrected chi connectivity index (χ2v) is 4.06. The van der Waals surface area contributed by atoms with Gasteiger partial charge in [0.15, 0.2) is 6.61 Å². The number of benzene rings is 1. The number of ether oxygens (including phenoxy) is 2. The van der Waals surface area contributed by atoms with Crippen LogP contribution in [-0.2, 0) is 16.0 Å². The molecule has 1 aromatic carbocycles. The van der Waals surface area contributed by atoms with Crippen molar-refractivity contribution >= 4 is 11.7 Å². The smallest absolute Gasteiger partial charge is 0.343 e. The van der Waals surface area contributed by atoms with Crippen LogP contribution in [0.15, 0.2) is 12.1 Å². The fourth-order valence-corrected chi connectivity index (χ4v) is 1.54. The summed E-state index contributed by atoms with van der Waals surface area (Å²) in [6.45, 7) is 1.78. The minimum Gasteiger partial charge on any atom is -0.508 e. The van der Waals surface area contributed by atoms with Gasteiger partial charge in [-0.3, -0.25) is 0 Å². The summed E-state index contributed by atoms with van der Waals surface area (Å²) in [5.74, 6) is 0.168. The van der Waals surface area contributed by atoms with Gasteiger partial charge < -0.3 is 19.5 Å². The highest BCUT2D eigenvalue weighted by atomic mass is 16.6. The van der Waals surface area contributed by atoms with Gasteiger partial charge in [0.1, 0.15) is 11.5 Å². The Morgan fingerprint density at radius 2 is 2.06 bits per heavy atom. The predicted octanol–water partition coefficient (Wildman–Crippen LogP) is 1.57. The first-order valence-corrected chi connectivity index (χ1v) is 5.72.